The van der Waals surface area contributed by atoms with Crippen molar-refractivity contribution in [2.24, 2.45) is 11.3 Å². The maximum absolute atomic E-state index is 3.56. The second-order valence-corrected chi connectivity index (χ2v) is 5.40. The van der Waals surface area contributed by atoms with Crippen LogP contribution >= 0.6 is 0 Å². The Morgan fingerprint density at radius 3 is 2.27 bits per heavy atom. The summed E-state index contributed by atoms with van der Waals surface area (Å²) in [6.45, 7) is 18.3. The topological polar surface area (TPSA) is 0 Å². The van der Waals surface area contributed by atoms with E-state index < -0.39 is 0 Å². The lowest BCUT2D eigenvalue weighted by atomic mass is 9.70. The van der Waals surface area contributed by atoms with E-state index in [9.17, 15) is 0 Å². The van der Waals surface area contributed by atoms with E-state index in [0.717, 1.165) is 11.5 Å². The molecule has 0 fully saturated rings. The molecule has 1 aliphatic rings. The Kier molecular flexibility index (Phi) is 5.64. The summed E-state index contributed by atoms with van der Waals surface area (Å²) >= 11 is 0. The maximum Gasteiger partial charge on any atom is -0.0269 e. The molecule has 0 radical (unpaired) electrons. The number of allylic oxidation sites excluding steroid dienone is 4. The van der Waals surface area contributed by atoms with Crippen molar-refractivity contribution >= 4 is 0 Å². The van der Waals surface area contributed by atoms with E-state index in [2.05, 4.69) is 46.9 Å². The van der Waals surface area contributed by atoms with Gasteiger partial charge in [0.2, 0.25) is 0 Å². The minimum atomic E-state index is 0.541. The lowest BCUT2D eigenvalue weighted by molar-refractivity contribution is 0.217. The summed E-state index contributed by atoms with van der Waals surface area (Å²) < 4.78 is 0. The van der Waals surface area contributed by atoms with Crippen LogP contribution in [0.1, 0.15) is 47.5 Å². The van der Waals surface area contributed by atoms with Crippen molar-refractivity contribution in [3.05, 3.63) is 36.5 Å². The first-order valence-corrected chi connectivity index (χ1v) is 5.73. The molecule has 1 rings (SSSR count). The van der Waals surface area contributed by atoms with E-state index in [4.69, 9.17) is 0 Å². The quantitative estimate of drug-likeness (QED) is 0.412. The van der Waals surface area contributed by atoms with Gasteiger partial charge in [0.05, 0.1) is 0 Å². The monoisotopic (exact) mass is 206 g/mol. The van der Waals surface area contributed by atoms with Crippen LogP contribution in [0, 0.1) is 11.3 Å². The summed E-state index contributed by atoms with van der Waals surface area (Å²) in [5.74, 6) is 0.858. The van der Waals surface area contributed by atoms with Gasteiger partial charge >= 0.3 is 0 Å². The summed E-state index contributed by atoms with van der Waals surface area (Å²) in [6.07, 6.45) is 6.67. The summed E-state index contributed by atoms with van der Waals surface area (Å²) in [5, 5.41) is 0. The maximum atomic E-state index is 3.56. The summed E-state index contributed by atoms with van der Waals surface area (Å²) in [7, 11) is 0. The van der Waals surface area contributed by atoms with Gasteiger partial charge in [-0.15, -0.1) is 0 Å². The van der Waals surface area contributed by atoms with Gasteiger partial charge < -0.3 is 0 Å². The fourth-order valence-electron chi connectivity index (χ4n) is 1.66. The highest BCUT2D eigenvalue weighted by Crippen LogP contribution is 2.39. The molecule has 0 aliphatic heterocycles. The Labute approximate surface area is 95.8 Å². The normalized spacial score (nSPS) is 23.3. The van der Waals surface area contributed by atoms with E-state index in [0.29, 0.717) is 5.41 Å². The lowest BCUT2D eigenvalue weighted by Gasteiger charge is -2.35. The van der Waals surface area contributed by atoms with Crippen LogP contribution in [0.25, 0.3) is 0 Å². The van der Waals surface area contributed by atoms with Crippen molar-refractivity contribution < 1.29 is 0 Å². The summed E-state index contributed by atoms with van der Waals surface area (Å²) in [5.41, 5.74) is 3.13. The zero-order valence-corrected chi connectivity index (χ0v) is 11.1. The number of hydrogen-bond acceptors (Lipinski definition) is 0. The minimum absolute atomic E-state index is 0.541. The van der Waals surface area contributed by atoms with Gasteiger partial charge in [-0.25, -0.2) is 0 Å². The average molecular weight is 206 g/mol. The van der Waals surface area contributed by atoms with E-state index in [1.54, 1.807) is 11.6 Å². The molecule has 0 spiro atoms. The Morgan fingerprint density at radius 2 is 2.00 bits per heavy atom. The summed E-state index contributed by atoms with van der Waals surface area (Å²) in [4.78, 5) is 0. The molecule has 0 aromatic carbocycles. The molecule has 0 aromatic rings. The van der Waals surface area contributed by atoms with Gasteiger partial charge in [0.25, 0.3) is 0 Å². The standard InChI is InChI=1S/C10H18.C5H8/c1-8-5-6-9(2)10(3,4)7-8;1-4-5(2)3/h5,9H,6-7H2,1-4H3;4H,1-2H2,3H3/t9-;/m1./s1. The second-order valence-electron chi connectivity index (χ2n) is 5.40. The molecule has 86 valence electrons. The molecule has 1 aliphatic carbocycles. The van der Waals surface area contributed by atoms with Crippen molar-refractivity contribution in [3.63, 3.8) is 0 Å². The molecule has 0 heterocycles. The second kappa shape index (κ2) is 5.95. The first-order chi connectivity index (χ1) is 6.79. The Balaban J connectivity index is 0.000000336. The molecule has 0 saturated heterocycles. The predicted molar refractivity (Wildman–Crippen MR) is 70.9 cm³/mol. The fraction of sp³-hybridized carbons (Fsp3) is 0.600. The zero-order valence-electron chi connectivity index (χ0n) is 11.1. The van der Waals surface area contributed by atoms with Crippen LogP contribution in [-0.2, 0) is 0 Å². The third-order valence-corrected chi connectivity index (χ3v) is 3.24. The third-order valence-electron chi connectivity index (χ3n) is 3.24. The van der Waals surface area contributed by atoms with Gasteiger partial charge in [0.15, 0.2) is 0 Å². The van der Waals surface area contributed by atoms with Crippen LogP contribution in [0.4, 0.5) is 0 Å². The first kappa shape index (κ1) is 14.2. The molecule has 0 aromatic heterocycles. The molecule has 0 unspecified atom stereocenters. The van der Waals surface area contributed by atoms with Gasteiger partial charge in [-0.3, -0.25) is 0 Å². The lowest BCUT2D eigenvalue weighted by Crippen LogP contribution is -2.24. The van der Waals surface area contributed by atoms with Crippen LogP contribution in [0.3, 0.4) is 0 Å². The van der Waals surface area contributed by atoms with Crippen LogP contribution in [0.15, 0.2) is 36.5 Å². The fourth-order valence-corrected chi connectivity index (χ4v) is 1.66. The molecule has 1 atom stereocenters. The Bertz CT molecular complexity index is 253. The Morgan fingerprint density at radius 1 is 1.53 bits per heavy atom. The largest absolute Gasteiger partial charge is 0.0988 e. The third kappa shape index (κ3) is 5.61. The summed E-state index contributed by atoms with van der Waals surface area (Å²) in [6, 6.07) is 0. The minimum Gasteiger partial charge on any atom is -0.0988 e. The highest BCUT2D eigenvalue weighted by Gasteiger charge is 2.27. The van der Waals surface area contributed by atoms with Gasteiger partial charge in [-0.1, -0.05) is 57.2 Å². The van der Waals surface area contributed by atoms with E-state index >= 15 is 0 Å². The molecule has 0 amide bonds. The number of rotatable bonds is 1. The average Bonchev–Trinajstić information content (AvgIpc) is 2.12. The van der Waals surface area contributed by atoms with Gasteiger partial charge in [0, 0.05) is 0 Å². The molecule has 0 bridgehead atoms. The van der Waals surface area contributed by atoms with E-state index in [1.807, 2.05) is 6.92 Å². The van der Waals surface area contributed by atoms with Crippen molar-refractivity contribution in [3.8, 4) is 0 Å². The predicted octanol–water partition coefficient (Wildman–Crippen LogP) is 5.14. The molecule has 15 heavy (non-hydrogen) atoms. The molecular formula is C15H26. The van der Waals surface area contributed by atoms with Crippen LogP contribution < -0.4 is 0 Å². The molecule has 0 saturated carbocycles. The van der Waals surface area contributed by atoms with Crippen molar-refractivity contribution in [1.82, 2.24) is 0 Å². The number of hydrogen-bond donors (Lipinski definition) is 0. The first-order valence-electron chi connectivity index (χ1n) is 5.73. The molecule has 0 heteroatoms. The van der Waals surface area contributed by atoms with Crippen LogP contribution in [0.5, 0.6) is 0 Å². The van der Waals surface area contributed by atoms with Crippen molar-refractivity contribution in [2.75, 3.05) is 0 Å². The highest BCUT2D eigenvalue weighted by atomic mass is 14.3. The van der Waals surface area contributed by atoms with E-state index in [1.165, 1.54) is 12.8 Å². The van der Waals surface area contributed by atoms with Crippen LogP contribution in [0.2, 0.25) is 0 Å². The van der Waals surface area contributed by atoms with Gasteiger partial charge in [0.1, 0.15) is 0 Å². The van der Waals surface area contributed by atoms with Crippen LogP contribution in [-0.4, -0.2) is 0 Å². The highest BCUT2D eigenvalue weighted by molar-refractivity contribution is 5.07. The van der Waals surface area contributed by atoms with Gasteiger partial charge in [-0.2, -0.15) is 0 Å². The zero-order chi connectivity index (χ0) is 12.1. The SMILES string of the molecule is C=CC(=C)C.CC1=CC[C@@H](C)C(C)(C)C1. The van der Waals surface area contributed by atoms with Crippen molar-refractivity contribution in [1.29, 1.82) is 0 Å². The molecule has 0 N–H and O–H groups in total. The van der Waals surface area contributed by atoms with Gasteiger partial charge in [-0.05, 0) is 38.0 Å². The Hall–Kier alpha value is -0.780. The molecule has 0 nitrogen and oxygen atoms in total. The van der Waals surface area contributed by atoms with E-state index in [-0.39, 0.29) is 0 Å². The molecular weight excluding hydrogens is 180 g/mol. The van der Waals surface area contributed by atoms with Crippen molar-refractivity contribution in [2.45, 2.75) is 47.5 Å². The smallest absolute Gasteiger partial charge is 0.0269 e.